The van der Waals surface area contributed by atoms with Crippen molar-refractivity contribution in [3.8, 4) is 11.5 Å². The van der Waals surface area contributed by atoms with Crippen LogP contribution in [0.2, 0.25) is 10.0 Å². The zero-order chi connectivity index (χ0) is 38.1. The Hall–Kier alpha value is -5.15. The molecule has 12 nitrogen and oxygen atoms in total. The molecular formula is C36H29Cl2F3N4O8. The largest absolute Gasteiger partial charge is 0.508 e. The number of likely N-dealkylation sites (tertiary alicyclic amines) is 1. The zero-order valence-electron chi connectivity index (χ0n) is 27.6. The van der Waals surface area contributed by atoms with Crippen molar-refractivity contribution < 1.29 is 52.1 Å². The number of nitrogens with zero attached hydrogens (tertiary/aromatic N) is 3. The predicted molar refractivity (Wildman–Crippen MR) is 181 cm³/mol. The summed E-state index contributed by atoms with van der Waals surface area (Å²) >= 11 is 12.5. The number of alkyl halides is 3. The molecule has 17 heteroatoms. The lowest BCUT2D eigenvalue weighted by Gasteiger charge is -2.50. The molecule has 3 aromatic rings. The number of hydrogen-bond acceptors (Lipinski definition) is 9. The molecule has 2 aliphatic heterocycles. The van der Waals surface area contributed by atoms with Crippen molar-refractivity contribution >= 4 is 58.6 Å². The zero-order valence-corrected chi connectivity index (χ0v) is 29.1. The highest BCUT2D eigenvalue weighted by Crippen LogP contribution is 2.65. The molecule has 3 heterocycles. The quantitative estimate of drug-likeness (QED) is 0.194. The van der Waals surface area contributed by atoms with Crippen LogP contribution in [-0.2, 0) is 35.6 Å². The molecule has 0 bridgehead atoms. The molecular weight excluding hydrogens is 744 g/mol. The first kappa shape index (κ1) is 36.2. The summed E-state index contributed by atoms with van der Waals surface area (Å²) < 4.78 is 46.0. The molecule has 0 spiro atoms. The highest BCUT2D eigenvalue weighted by Gasteiger charge is 2.70. The number of methoxy groups -OCH3 is 1. The van der Waals surface area contributed by atoms with Gasteiger partial charge in [0.15, 0.2) is 5.82 Å². The van der Waals surface area contributed by atoms with Gasteiger partial charge < -0.3 is 14.9 Å². The first-order valence-electron chi connectivity index (χ1n) is 16.4. The predicted octanol–water partition coefficient (Wildman–Crippen LogP) is 5.58. The van der Waals surface area contributed by atoms with E-state index in [1.807, 2.05) is 0 Å². The van der Waals surface area contributed by atoms with Crippen molar-refractivity contribution in [2.24, 2.45) is 23.7 Å². The van der Waals surface area contributed by atoms with Crippen LogP contribution in [0.25, 0.3) is 0 Å². The first-order valence-corrected chi connectivity index (χ1v) is 17.1. The molecule has 6 atom stereocenters. The number of anilines is 1. The summed E-state index contributed by atoms with van der Waals surface area (Å²) in [7, 11) is 1.35. The molecule has 276 valence electrons. The number of phenolic OH excluding ortho intramolecular Hbond substituents is 1. The van der Waals surface area contributed by atoms with E-state index in [2.05, 4.69) is 10.4 Å². The number of pyridine rings is 1. The molecule has 2 aromatic carbocycles. The molecule has 1 saturated carbocycles. The summed E-state index contributed by atoms with van der Waals surface area (Å²) in [4.78, 5) is 73.6. The number of halogens is 5. The molecule has 53 heavy (non-hydrogen) atoms. The standard InChI is InChI=1S/C36H29Cl2F3N4O8/c1-53-26-13-19(46)6-7-21(26)29-20-8-9-22-28(33(51)44(31(22)49)11-10-27(47)48)23(20)14-24-32(50)45(34(52)35(24,29)16-2-4-18(37)5-3-16)43-30-25(38)12-17(15-42-30)36(39,40)41/h2-8,12-13,15,22-24,28-29,46H,9-11,14H2,1H3,(H,42,43)(H,47,48)/t22-,23+,24-,28-,29+,35+/m0/s1. The minimum absolute atomic E-state index is 0.0676. The van der Waals surface area contributed by atoms with E-state index in [-0.39, 0.29) is 30.9 Å². The number of benzene rings is 2. The number of ether oxygens (including phenoxy) is 1. The second kappa shape index (κ2) is 13.1. The van der Waals surface area contributed by atoms with Gasteiger partial charge in [-0.3, -0.25) is 34.3 Å². The third-order valence-corrected chi connectivity index (χ3v) is 11.3. The third-order valence-electron chi connectivity index (χ3n) is 10.7. The number of hydrogen-bond donors (Lipinski definition) is 3. The van der Waals surface area contributed by atoms with Crippen molar-refractivity contribution in [2.75, 3.05) is 19.1 Å². The molecule has 3 N–H and O–H groups in total. The van der Waals surface area contributed by atoms with E-state index in [0.717, 1.165) is 4.90 Å². The van der Waals surface area contributed by atoms with Crippen molar-refractivity contribution in [1.82, 2.24) is 14.9 Å². The fraction of sp³-hybridized carbons (Fsp3) is 0.333. The normalized spacial score (nSPS) is 26.6. The number of carbonyl (C=O) groups excluding carboxylic acids is 4. The fourth-order valence-electron chi connectivity index (χ4n) is 8.56. The summed E-state index contributed by atoms with van der Waals surface area (Å²) in [6, 6.07) is 11.1. The van der Waals surface area contributed by atoms with E-state index in [4.69, 9.17) is 27.9 Å². The number of carbonyl (C=O) groups is 5. The lowest BCUT2D eigenvalue weighted by molar-refractivity contribution is -0.143. The smallest absolute Gasteiger partial charge is 0.417 e. The van der Waals surface area contributed by atoms with Gasteiger partial charge in [-0.1, -0.05) is 53.1 Å². The average Bonchev–Trinajstić information content (AvgIpc) is 3.48. The molecule has 7 rings (SSSR count). The van der Waals surface area contributed by atoms with Crippen molar-refractivity contribution in [3.63, 3.8) is 0 Å². The Bertz CT molecular complexity index is 2110. The topological polar surface area (TPSA) is 166 Å². The second-order valence-electron chi connectivity index (χ2n) is 13.3. The number of hydrazine groups is 1. The Labute approximate surface area is 309 Å². The van der Waals surface area contributed by atoms with Crippen LogP contribution in [0.15, 0.2) is 66.4 Å². The van der Waals surface area contributed by atoms with Crippen molar-refractivity contribution in [3.05, 3.63) is 93.1 Å². The molecule has 1 aromatic heterocycles. The van der Waals surface area contributed by atoms with Gasteiger partial charge in [0.05, 0.1) is 47.3 Å². The first-order chi connectivity index (χ1) is 25.1. The van der Waals surface area contributed by atoms with Crippen LogP contribution in [0.5, 0.6) is 11.5 Å². The van der Waals surface area contributed by atoms with Crippen LogP contribution in [0.1, 0.15) is 41.9 Å². The number of amides is 4. The van der Waals surface area contributed by atoms with Gasteiger partial charge in [0.25, 0.3) is 11.8 Å². The SMILES string of the molecule is COc1cc(O)ccc1[C@H]1C2=CC[C@@H]3C(=O)N(CCC(=O)O)C(=O)[C@@H]3[C@@H]2C[C@H]2C(=O)N(Nc3ncc(C(F)(F)F)cc3Cl)C(=O)[C@@]12c1ccc(Cl)cc1. The van der Waals surface area contributed by atoms with Crippen LogP contribution < -0.4 is 10.2 Å². The van der Waals surface area contributed by atoms with Gasteiger partial charge in [0.2, 0.25) is 11.8 Å². The number of carboxylic acids is 1. The number of fused-ring (bicyclic) bond motifs is 4. The number of nitrogens with one attached hydrogen (secondary N) is 1. The van der Waals surface area contributed by atoms with E-state index in [1.54, 1.807) is 18.2 Å². The van der Waals surface area contributed by atoms with Crippen molar-refractivity contribution in [2.45, 2.75) is 36.8 Å². The van der Waals surface area contributed by atoms with Gasteiger partial charge >= 0.3 is 12.1 Å². The Kier molecular flexibility index (Phi) is 8.92. The Morgan fingerprint density at radius 1 is 1.04 bits per heavy atom. The second-order valence-corrected chi connectivity index (χ2v) is 14.2. The summed E-state index contributed by atoms with van der Waals surface area (Å²) in [5, 5.41) is 20.2. The van der Waals surface area contributed by atoms with Crippen LogP contribution in [0.4, 0.5) is 19.0 Å². The number of aromatic hydroxyl groups is 1. The van der Waals surface area contributed by atoms with Gasteiger partial charge in [-0.25, -0.2) is 4.98 Å². The van der Waals surface area contributed by atoms with Crippen LogP contribution in [0.3, 0.4) is 0 Å². The Balaban J connectivity index is 1.43. The molecule has 2 aliphatic carbocycles. The molecule has 2 saturated heterocycles. The summed E-state index contributed by atoms with van der Waals surface area (Å²) in [5.41, 5.74) is 0.811. The van der Waals surface area contributed by atoms with E-state index < -0.39 is 93.6 Å². The molecule has 0 radical (unpaired) electrons. The molecule has 4 amide bonds. The lowest BCUT2D eigenvalue weighted by Crippen LogP contribution is -2.53. The van der Waals surface area contributed by atoms with Gasteiger partial charge in [-0.2, -0.15) is 18.2 Å². The highest BCUT2D eigenvalue weighted by molar-refractivity contribution is 6.33. The van der Waals surface area contributed by atoms with Gasteiger partial charge in [0, 0.05) is 35.3 Å². The van der Waals surface area contributed by atoms with Crippen molar-refractivity contribution in [1.29, 1.82) is 0 Å². The summed E-state index contributed by atoms with van der Waals surface area (Å²) in [6.07, 6.45) is -3.03. The number of imide groups is 2. The number of aliphatic carboxylic acids is 1. The number of carboxylic acid groups (broad SMARTS) is 1. The Morgan fingerprint density at radius 2 is 1.75 bits per heavy atom. The van der Waals surface area contributed by atoms with Gasteiger partial charge in [-0.15, -0.1) is 0 Å². The third kappa shape index (κ3) is 5.68. The average molecular weight is 774 g/mol. The minimum atomic E-state index is -4.78. The fourth-order valence-corrected chi connectivity index (χ4v) is 8.89. The maximum absolute atomic E-state index is 15.2. The van der Waals surface area contributed by atoms with Gasteiger partial charge in [-0.05, 0) is 48.6 Å². The van der Waals surface area contributed by atoms with E-state index in [0.29, 0.717) is 39.0 Å². The maximum atomic E-state index is 15.2. The number of rotatable bonds is 8. The Morgan fingerprint density at radius 3 is 2.40 bits per heavy atom. The van der Waals surface area contributed by atoms with E-state index in [1.165, 1.54) is 37.4 Å². The monoisotopic (exact) mass is 772 g/mol. The number of aromatic nitrogens is 1. The summed E-state index contributed by atoms with van der Waals surface area (Å²) in [6.45, 7) is -0.342. The van der Waals surface area contributed by atoms with E-state index in [9.17, 15) is 42.6 Å². The van der Waals surface area contributed by atoms with Crippen LogP contribution in [-0.4, -0.2) is 68.4 Å². The molecule has 4 aliphatic rings. The number of allylic oxidation sites excluding steroid dienone is 2. The minimum Gasteiger partial charge on any atom is -0.508 e. The maximum Gasteiger partial charge on any atom is 0.417 e. The highest BCUT2D eigenvalue weighted by atomic mass is 35.5. The van der Waals surface area contributed by atoms with Gasteiger partial charge in [0.1, 0.15) is 11.5 Å². The summed E-state index contributed by atoms with van der Waals surface area (Å²) in [5.74, 6) is -9.42. The van der Waals surface area contributed by atoms with Crippen LogP contribution >= 0.6 is 23.2 Å². The van der Waals surface area contributed by atoms with E-state index >= 15 is 4.79 Å². The number of phenols is 1. The van der Waals surface area contributed by atoms with Crippen LogP contribution in [0, 0.1) is 23.7 Å². The lowest BCUT2D eigenvalue weighted by atomic mass is 9.49. The molecule has 0 unspecified atom stereocenters. The molecule has 3 fully saturated rings.